The van der Waals surface area contributed by atoms with Crippen LogP contribution in [0.3, 0.4) is 0 Å². The Kier molecular flexibility index (Phi) is 3.02. The minimum atomic E-state index is 0.348. The molecule has 2 aliphatic rings. The number of hydrogen-bond acceptors (Lipinski definition) is 4. The van der Waals surface area contributed by atoms with E-state index < -0.39 is 0 Å². The Hall–Kier alpha value is -0.630. The number of nitrogens with one attached hydrogen (secondary N) is 2. The Morgan fingerprint density at radius 1 is 1.36 bits per heavy atom. The molecule has 2 saturated heterocycles. The van der Waals surface area contributed by atoms with Gasteiger partial charge < -0.3 is 5.32 Å². The van der Waals surface area contributed by atoms with Gasteiger partial charge in [0.15, 0.2) is 0 Å². The van der Waals surface area contributed by atoms with E-state index in [-0.39, 0.29) is 0 Å². The molecule has 0 unspecified atom stereocenters. The van der Waals surface area contributed by atoms with E-state index in [1.165, 1.54) is 12.8 Å². The molecule has 78 valence electrons. The van der Waals surface area contributed by atoms with E-state index in [1.54, 1.807) is 0 Å². The van der Waals surface area contributed by atoms with Crippen LogP contribution in [0, 0.1) is 11.3 Å². The Balaban J connectivity index is 1.83. The van der Waals surface area contributed by atoms with Crippen molar-refractivity contribution < 1.29 is 0 Å². The van der Waals surface area contributed by atoms with Crippen molar-refractivity contribution in [2.45, 2.75) is 24.8 Å². The van der Waals surface area contributed by atoms with Crippen molar-refractivity contribution in [1.82, 2.24) is 15.5 Å². The average Bonchev–Trinajstić information content (AvgIpc) is 2.60. The lowest BCUT2D eigenvalue weighted by Gasteiger charge is -2.33. The van der Waals surface area contributed by atoms with E-state index in [4.69, 9.17) is 5.26 Å². The molecule has 2 heterocycles. The number of hydrogen-bond donors (Lipinski definition) is 2. The van der Waals surface area contributed by atoms with Crippen LogP contribution in [-0.2, 0) is 0 Å². The molecular formula is C10H18N4. The van der Waals surface area contributed by atoms with E-state index in [1.807, 2.05) is 0 Å². The monoisotopic (exact) mass is 194 g/mol. The molecule has 0 saturated carbocycles. The first-order valence-electron chi connectivity index (χ1n) is 5.40. The zero-order valence-electron chi connectivity index (χ0n) is 8.55. The molecule has 0 amide bonds. The molecule has 0 radical (unpaired) electrons. The molecule has 0 atom stereocenters. The van der Waals surface area contributed by atoms with E-state index in [0.717, 1.165) is 32.8 Å². The van der Waals surface area contributed by atoms with Crippen molar-refractivity contribution in [3.63, 3.8) is 0 Å². The quantitative estimate of drug-likeness (QED) is 0.644. The second kappa shape index (κ2) is 4.26. The lowest BCUT2D eigenvalue weighted by molar-refractivity contribution is 0.263. The van der Waals surface area contributed by atoms with Crippen LogP contribution in [0.4, 0.5) is 0 Å². The molecule has 14 heavy (non-hydrogen) atoms. The van der Waals surface area contributed by atoms with Crippen LogP contribution in [0.1, 0.15) is 19.3 Å². The van der Waals surface area contributed by atoms with Gasteiger partial charge in [-0.15, -0.1) is 0 Å². The molecule has 2 aliphatic heterocycles. The fourth-order valence-electron chi connectivity index (χ4n) is 2.43. The standard InChI is InChI=1S/C10H18N4/c11-4-1-7-14-8-10(13-9-14)2-5-12-6-3-10/h12-13H,1-3,5-9H2. The predicted molar refractivity (Wildman–Crippen MR) is 54.6 cm³/mol. The number of nitrogens with zero attached hydrogens (tertiary/aromatic N) is 2. The zero-order valence-corrected chi connectivity index (χ0v) is 8.55. The molecule has 4 nitrogen and oxygen atoms in total. The van der Waals surface area contributed by atoms with Gasteiger partial charge in [0.2, 0.25) is 0 Å². The van der Waals surface area contributed by atoms with Crippen molar-refractivity contribution in [1.29, 1.82) is 5.26 Å². The summed E-state index contributed by atoms with van der Waals surface area (Å²) in [6.45, 7) is 5.24. The third kappa shape index (κ3) is 2.06. The topological polar surface area (TPSA) is 51.1 Å². The zero-order chi connectivity index (χ0) is 9.86. The molecule has 2 N–H and O–H groups in total. The van der Waals surface area contributed by atoms with Crippen LogP contribution in [-0.4, -0.2) is 43.3 Å². The van der Waals surface area contributed by atoms with Crippen LogP contribution in [0.5, 0.6) is 0 Å². The van der Waals surface area contributed by atoms with Gasteiger partial charge in [0.1, 0.15) is 0 Å². The van der Waals surface area contributed by atoms with Gasteiger partial charge in [-0.1, -0.05) is 0 Å². The van der Waals surface area contributed by atoms with E-state index in [0.29, 0.717) is 12.0 Å². The number of nitriles is 1. The summed E-state index contributed by atoms with van der Waals surface area (Å²) in [5.41, 5.74) is 0.348. The predicted octanol–water partition coefficient (Wildman–Crippen LogP) is -0.115. The molecule has 1 spiro atoms. The maximum Gasteiger partial charge on any atom is 0.0635 e. The SMILES string of the molecule is N#CCCN1CNC2(CCNCC2)C1. The molecule has 2 fully saturated rings. The maximum atomic E-state index is 8.52. The van der Waals surface area contributed by atoms with Gasteiger partial charge in [-0.3, -0.25) is 10.2 Å². The third-order valence-corrected chi connectivity index (χ3v) is 3.30. The minimum Gasteiger partial charge on any atom is -0.317 e. The van der Waals surface area contributed by atoms with Crippen molar-refractivity contribution in [2.24, 2.45) is 0 Å². The first-order chi connectivity index (χ1) is 6.85. The summed E-state index contributed by atoms with van der Waals surface area (Å²) < 4.78 is 0. The van der Waals surface area contributed by atoms with Gasteiger partial charge in [0.05, 0.1) is 6.07 Å². The van der Waals surface area contributed by atoms with Gasteiger partial charge in [0.25, 0.3) is 0 Å². The second-order valence-electron chi connectivity index (χ2n) is 4.33. The Labute approximate surface area is 85.3 Å². The average molecular weight is 194 g/mol. The number of rotatable bonds is 2. The van der Waals surface area contributed by atoms with Crippen molar-refractivity contribution in [3.05, 3.63) is 0 Å². The summed E-state index contributed by atoms with van der Waals surface area (Å²) >= 11 is 0. The molecule has 0 aliphatic carbocycles. The summed E-state index contributed by atoms with van der Waals surface area (Å²) in [5.74, 6) is 0. The fourth-order valence-corrected chi connectivity index (χ4v) is 2.43. The van der Waals surface area contributed by atoms with Crippen LogP contribution < -0.4 is 10.6 Å². The van der Waals surface area contributed by atoms with E-state index >= 15 is 0 Å². The molecular weight excluding hydrogens is 176 g/mol. The van der Waals surface area contributed by atoms with Crippen molar-refractivity contribution in [2.75, 3.05) is 32.8 Å². The normalized spacial score (nSPS) is 26.5. The van der Waals surface area contributed by atoms with Crippen LogP contribution in [0.25, 0.3) is 0 Å². The number of piperidine rings is 1. The highest BCUT2D eigenvalue weighted by molar-refractivity contribution is 4.99. The molecule has 4 heteroatoms. The first-order valence-corrected chi connectivity index (χ1v) is 5.40. The molecule has 0 bridgehead atoms. The lowest BCUT2D eigenvalue weighted by Crippen LogP contribution is -2.50. The van der Waals surface area contributed by atoms with Gasteiger partial charge in [0, 0.05) is 31.7 Å². The lowest BCUT2D eigenvalue weighted by atomic mass is 9.89. The van der Waals surface area contributed by atoms with Gasteiger partial charge >= 0.3 is 0 Å². The van der Waals surface area contributed by atoms with Gasteiger partial charge in [-0.2, -0.15) is 5.26 Å². The van der Waals surface area contributed by atoms with Crippen LogP contribution >= 0.6 is 0 Å². The Morgan fingerprint density at radius 3 is 2.86 bits per heavy atom. The Bertz CT molecular complexity index is 227. The summed E-state index contributed by atoms with van der Waals surface area (Å²) in [4.78, 5) is 2.36. The largest absolute Gasteiger partial charge is 0.317 e. The summed E-state index contributed by atoms with van der Waals surface area (Å²) in [6, 6.07) is 2.20. The summed E-state index contributed by atoms with van der Waals surface area (Å²) in [6.07, 6.45) is 3.09. The van der Waals surface area contributed by atoms with Crippen LogP contribution in [0.15, 0.2) is 0 Å². The summed E-state index contributed by atoms with van der Waals surface area (Å²) in [7, 11) is 0. The smallest absolute Gasteiger partial charge is 0.0635 e. The van der Waals surface area contributed by atoms with Gasteiger partial charge in [-0.25, -0.2) is 0 Å². The highest BCUT2D eigenvalue weighted by Crippen LogP contribution is 2.23. The van der Waals surface area contributed by atoms with E-state index in [2.05, 4.69) is 21.6 Å². The van der Waals surface area contributed by atoms with Crippen molar-refractivity contribution >= 4 is 0 Å². The minimum absolute atomic E-state index is 0.348. The summed E-state index contributed by atoms with van der Waals surface area (Å²) in [5, 5.41) is 15.5. The fraction of sp³-hybridized carbons (Fsp3) is 0.900. The first kappa shape index (κ1) is 9.91. The second-order valence-corrected chi connectivity index (χ2v) is 4.33. The van der Waals surface area contributed by atoms with E-state index in [9.17, 15) is 0 Å². The molecule has 0 aromatic heterocycles. The molecule has 0 aromatic rings. The molecule has 2 rings (SSSR count). The third-order valence-electron chi connectivity index (χ3n) is 3.30. The maximum absolute atomic E-state index is 8.52. The van der Waals surface area contributed by atoms with Crippen LogP contribution in [0.2, 0.25) is 0 Å². The highest BCUT2D eigenvalue weighted by atomic mass is 15.3. The van der Waals surface area contributed by atoms with Gasteiger partial charge in [-0.05, 0) is 25.9 Å². The highest BCUT2D eigenvalue weighted by Gasteiger charge is 2.37. The molecule has 0 aromatic carbocycles. The Morgan fingerprint density at radius 2 is 2.14 bits per heavy atom. The van der Waals surface area contributed by atoms with Crippen molar-refractivity contribution in [3.8, 4) is 6.07 Å².